The second-order valence-electron chi connectivity index (χ2n) is 33.4. The number of likely N-dealkylation sites (tertiary alicyclic amines) is 1. The number of nitrogens with one attached hydrogen (secondary N) is 3. The van der Waals surface area contributed by atoms with Crippen molar-refractivity contribution in [3.05, 3.63) is 204 Å². The van der Waals surface area contributed by atoms with E-state index in [9.17, 15) is 18.8 Å². The molecule has 5 aromatic carbocycles. The lowest BCUT2D eigenvalue weighted by molar-refractivity contribution is -0.127. The van der Waals surface area contributed by atoms with E-state index >= 15 is 0 Å². The van der Waals surface area contributed by atoms with Crippen LogP contribution in [0.3, 0.4) is 0 Å². The topological polar surface area (TPSA) is 338 Å². The van der Waals surface area contributed by atoms with Crippen LogP contribution in [0, 0.1) is 25.6 Å². The summed E-state index contributed by atoms with van der Waals surface area (Å²) < 4.78 is 53.3. The SMILES string of the molecule is C=CC(=O)N1CCN(c2nc(OC3CCN(C)C[C@H]3C)nc3c(Oc4c(Cl)c(F)cc5[nH]ncc45)nccc23)CC1.C=CC(=O)N1CCN(c2nc(Oc3cccc4c3CCN(C(C)C)C4)nc3c(Oc4c(C)ccc5[nH]ncc45)nccc23)CC1.C=CC(=O)N1CCN(c2nc(Oc3cccc4c3CCN(CC)C4)nc3c(Oc4c(C)ccc5[nH]ncc45)nccc23)CC1. The maximum Gasteiger partial charge on any atom is 0.324 e. The number of aromatic nitrogens is 15. The maximum absolute atomic E-state index is 14.6. The molecule has 0 aliphatic carbocycles. The van der Waals surface area contributed by atoms with E-state index in [2.05, 4.69) is 142 Å². The molecule has 3 amide bonds. The highest BCUT2D eigenvalue weighted by Gasteiger charge is 2.34. The van der Waals surface area contributed by atoms with Gasteiger partial charge in [0.15, 0.2) is 5.75 Å². The van der Waals surface area contributed by atoms with Crippen molar-refractivity contribution in [2.24, 2.45) is 5.92 Å². The molecule has 130 heavy (non-hydrogen) atoms. The Balaban J connectivity index is 0.000000131. The summed E-state index contributed by atoms with van der Waals surface area (Å²) in [4.78, 5) is 98.7. The largest absolute Gasteiger partial charge is 0.460 e. The number of hydrogen-bond donors (Lipinski definition) is 3. The van der Waals surface area contributed by atoms with Gasteiger partial charge in [0.1, 0.15) is 73.9 Å². The van der Waals surface area contributed by atoms with Crippen LogP contribution in [0.1, 0.15) is 67.5 Å². The number of fused-ring (bicyclic) bond motifs is 8. The van der Waals surface area contributed by atoms with Crippen LogP contribution in [-0.2, 0) is 40.3 Å². The number of amides is 3. The molecule has 0 radical (unpaired) electrons. The fourth-order valence-corrected chi connectivity index (χ4v) is 17.9. The molecule has 14 aromatic rings. The van der Waals surface area contributed by atoms with Gasteiger partial charge in [0, 0.05) is 166 Å². The molecule has 9 aromatic heterocycles. The molecule has 6 aliphatic rings. The summed E-state index contributed by atoms with van der Waals surface area (Å²) in [5.74, 6) is 5.19. The molecule has 0 bridgehead atoms. The second-order valence-corrected chi connectivity index (χ2v) is 33.8. The number of piperazine rings is 3. The van der Waals surface area contributed by atoms with Crippen molar-refractivity contribution in [1.29, 1.82) is 0 Å². The summed E-state index contributed by atoms with van der Waals surface area (Å²) in [5, 5.41) is 25.4. The molecule has 1 unspecified atom stereocenters. The first kappa shape index (κ1) is 86.6. The summed E-state index contributed by atoms with van der Waals surface area (Å²) in [7, 11) is 2.10. The van der Waals surface area contributed by atoms with E-state index in [-0.39, 0.29) is 64.4 Å². The van der Waals surface area contributed by atoms with Crippen molar-refractivity contribution in [2.75, 3.05) is 133 Å². The molecule has 15 heterocycles. The number of aryl methyl sites for hydroxylation is 2. The van der Waals surface area contributed by atoms with E-state index in [1.54, 1.807) is 51.8 Å². The number of nitrogens with zero attached hydrogens (tertiary/aromatic N) is 21. The molecule has 33 nitrogen and oxygen atoms in total. The lowest BCUT2D eigenvalue weighted by atomic mass is 9.97. The number of aromatic amines is 3. The van der Waals surface area contributed by atoms with Gasteiger partial charge in [0.2, 0.25) is 35.4 Å². The highest BCUT2D eigenvalue weighted by Crippen LogP contribution is 2.45. The Morgan fingerprint density at radius 3 is 1.38 bits per heavy atom. The zero-order chi connectivity index (χ0) is 90.0. The van der Waals surface area contributed by atoms with Crippen molar-refractivity contribution in [1.82, 2.24) is 105 Å². The lowest BCUT2D eigenvalue weighted by Gasteiger charge is -2.36. The van der Waals surface area contributed by atoms with Crippen LogP contribution in [-0.4, -0.2) is 253 Å². The molecule has 4 saturated heterocycles. The van der Waals surface area contributed by atoms with Crippen LogP contribution in [0.5, 0.6) is 64.4 Å². The van der Waals surface area contributed by atoms with Crippen molar-refractivity contribution in [2.45, 2.75) is 86.0 Å². The van der Waals surface area contributed by atoms with Gasteiger partial charge in [0.25, 0.3) is 0 Å². The minimum atomic E-state index is -0.652. The normalized spacial score (nSPS) is 16.9. The number of rotatable bonds is 20. The predicted molar refractivity (Wildman–Crippen MR) is 495 cm³/mol. The number of benzene rings is 5. The quantitative estimate of drug-likeness (QED) is 0.0597. The molecule has 6 aliphatic heterocycles. The van der Waals surface area contributed by atoms with E-state index in [0.29, 0.717) is 158 Å². The van der Waals surface area contributed by atoms with E-state index < -0.39 is 5.82 Å². The first-order valence-corrected chi connectivity index (χ1v) is 44.2. The number of ether oxygens (including phenoxy) is 6. The summed E-state index contributed by atoms with van der Waals surface area (Å²) >= 11 is 6.34. The van der Waals surface area contributed by atoms with E-state index in [0.717, 1.165) is 120 Å². The van der Waals surface area contributed by atoms with Gasteiger partial charge in [-0.25, -0.2) is 19.3 Å². The summed E-state index contributed by atoms with van der Waals surface area (Å²) in [6, 6.07) is 28.3. The fraction of sp³-hybridized carbons (Fsp3) is 0.337. The fourth-order valence-electron chi connectivity index (χ4n) is 17.7. The van der Waals surface area contributed by atoms with Crippen molar-refractivity contribution in [3.63, 3.8) is 0 Å². The van der Waals surface area contributed by atoms with Gasteiger partial charge in [-0.2, -0.15) is 45.2 Å². The summed E-state index contributed by atoms with van der Waals surface area (Å²) in [6.45, 7) is 37.0. The Bertz CT molecular complexity index is 6660. The standard InChI is InChI=1S/C34H36N8O3.C33H34N8O3.C28H30ClFN8O3/c1-5-29(43)40-15-17-41(18-16-40)32-25-11-13-35-33(45-31-22(4)9-10-27-26(31)19-36-39-27)30(25)37-34(38-32)44-28-8-6-7-23-20-42(21(2)3)14-12-24(23)28;1-4-28(42)40-15-17-41(18-16-40)31-24-11-13-34-32(44-30-21(3)9-10-26-25(30)19-35-38-26)29(24)36-33(37-31)43-27-8-6-7-22-20-39(5-2)14-12-23(22)27;1-4-22(39)37-9-11-38(12-10-37)26-17-5-7-31-27(41-25-18-14-32-35-20(18)13-19(30)23(25)29)24(17)33-28(34-26)40-21-6-8-36(3)15-16(21)2/h5-11,13,19,21H,1,12,14-18,20H2,2-4H3,(H,36,39);4,6-11,13,19H,1,5,12,14-18,20H2,2-3H3,(H,35,38);4-5,7,13-14,16,21H,1,6,8-12,15H2,2-3H3,(H,32,35)/t;;16-,21?/m..1/s1. The zero-order valence-electron chi connectivity index (χ0n) is 73.5. The maximum atomic E-state index is 14.6. The summed E-state index contributed by atoms with van der Waals surface area (Å²) in [5.41, 5.74) is 10.4. The summed E-state index contributed by atoms with van der Waals surface area (Å²) in [6.07, 6.45) is 16.6. The molecule has 20 rings (SSSR count). The third-order valence-corrected chi connectivity index (χ3v) is 25.3. The zero-order valence-corrected chi connectivity index (χ0v) is 74.3. The van der Waals surface area contributed by atoms with Crippen LogP contribution in [0.25, 0.3) is 65.4 Å². The number of anilines is 3. The second kappa shape index (κ2) is 37.7. The highest BCUT2D eigenvalue weighted by atomic mass is 35.5. The number of pyridine rings is 3. The molecular formula is C95H100ClFN24O9. The Morgan fingerprint density at radius 1 is 0.508 bits per heavy atom. The van der Waals surface area contributed by atoms with Gasteiger partial charge >= 0.3 is 18.0 Å². The Morgan fingerprint density at radius 2 is 0.931 bits per heavy atom. The average Bonchev–Trinajstić information content (AvgIpc) is 1.52. The number of carbonyl (C=O) groups excluding carboxylic acids is 3. The van der Waals surface area contributed by atoms with Crippen molar-refractivity contribution < 1.29 is 47.2 Å². The molecule has 2 atom stereocenters. The minimum absolute atomic E-state index is 0.0668. The smallest absolute Gasteiger partial charge is 0.324 e. The van der Waals surface area contributed by atoms with Crippen LogP contribution in [0.15, 0.2) is 160 Å². The van der Waals surface area contributed by atoms with Crippen LogP contribution in [0.4, 0.5) is 21.8 Å². The third-order valence-electron chi connectivity index (χ3n) is 25.0. The number of likely N-dealkylation sites (N-methyl/N-ethyl adjacent to an activating group) is 1. The van der Waals surface area contributed by atoms with Gasteiger partial charge in [-0.1, -0.05) is 81.6 Å². The third kappa shape index (κ3) is 17.9. The number of halogens is 2. The van der Waals surface area contributed by atoms with Gasteiger partial charge in [0.05, 0.1) is 67.5 Å². The van der Waals surface area contributed by atoms with Crippen LogP contribution in [0.2, 0.25) is 5.02 Å². The van der Waals surface area contributed by atoms with Crippen molar-refractivity contribution >= 4 is 112 Å². The predicted octanol–water partition coefficient (Wildman–Crippen LogP) is 14.4. The Kier molecular flexibility index (Phi) is 25.1. The first-order chi connectivity index (χ1) is 63.2. The Labute approximate surface area is 753 Å². The minimum Gasteiger partial charge on any atom is -0.460 e. The van der Waals surface area contributed by atoms with Crippen molar-refractivity contribution in [3.8, 4) is 64.4 Å². The molecule has 668 valence electrons. The molecule has 3 N–H and O–H groups in total. The molecule has 35 heteroatoms. The van der Waals surface area contributed by atoms with Gasteiger partial charge < -0.3 is 62.7 Å². The van der Waals surface area contributed by atoms with E-state index in [1.807, 2.05) is 74.5 Å². The number of carbonyl (C=O) groups is 3. The van der Waals surface area contributed by atoms with E-state index in [4.69, 9.17) is 69.9 Å². The number of H-pyrrole nitrogens is 3. The monoisotopic (exact) mass is 1770 g/mol. The highest BCUT2D eigenvalue weighted by molar-refractivity contribution is 6.33. The molecule has 0 spiro atoms. The molecule has 4 fully saturated rings. The lowest BCUT2D eigenvalue weighted by Crippen LogP contribution is -2.48. The first-order valence-electron chi connectivity index (χ1n) is 43.8. The number of hydrogen-bond acceptors (Lipinski definition) is 27. The van der Waals surface area contributed by atoms with Crippen LogP contribution < -0.4 is 43.1 Å². The van der Waals surface area contributed by atoms with Gasteiger partial charge in [-0.15, -0.1) is 0 Å². The van der Waals surface area contributed by atoms with E-state index in [1.165, 1.54) is 52.7 Å². The number of piperidine rings is 1. The average molecular weight is 1780 g/mol. The Hall–Kier alpha value is -14.1. The molecule has 0 saturated carbocycles. The van der Waals surface area contributed by atoms with Gasteiger partial charge in [-0.3, -0.25) is 39.5 Å². The van der Waals surface area contributed by atoms with Gasteiger partial charge in [-0.05, 0) is 143 Å². The molecular weight excluding hydrogens is 1680 g/mol. The van der Waals surface area contributed by atoms with Crippen LogP contribution >= 0.6 is 11.6 Å².